The summed E-state index contributed by atoms with van der Waals surface area (Å²) in [6.45, 7) is 1.95. The number of hydrogen-bond acceptors (Lipinski definition) is 3. The van der Waals surface area contributed by atoms with Gasteiger partial charge in [-0.3, -0.25) is 9.48 Å². The topological polar surface area (TPSA) is 34.9 Å². The second kappa shape index (κ2) is 5.06. The maximum atomic E-state index is 11.0. The van der Waals surface area contributed by atoms with Gasteiger partial charge in [0.15, 0.2) is 6.29 Å². The molecule has 0 saturated heterocycles. The van der Waals surface area contributed by atoms with Crippen molar-refractivity contribution in [3.8, 4) is 0 Å². The highest BCUT2D eigenvalue weighted by Gasteiger charge is 2.08. The van der Waals surface area contributed by atoms with E-state index in [1.807, 2.05) is 42.9 Å². The highest BCUT2D eigenvalue weighted by Crippen LogP contribution is 2.31. The van der Waals surface area contributed by atoms with E-state index in [2.05, 4.69) is 21.0 Å². The van der Waals surface area contributed by atoms with E-state index < -0.39 is 0 Å². The molecular weight excluding hydrogens is 300 g/mol. The molecule has 3 nitrogen and oxygen atoms in total. The lowest BCUT2D eigenvalue weighted by molar-refractivity contribution is 0.112. The Kier molecular flexibility index (Phi) is 3.69. The minimum Gasteiger partial charge on any atom is -0.298 e. The van der Waals surface area contributed by atoms with Crippen LogP contribution < -0.4 is 0 Å². The zero-order chi connectivity index (χ0) is 12.4. The maximum absolute atomic E-state index is 11.0. The molecule has 0 fully saturated rings. The summed E-state index contributed by atoms with van der Waals surface area (Å²) in [5.74, 6) is 0. The number of rotatable bonds is 3. The predicted molar refractivity (Wildman–Crippen MR) is 71.6 cm³/mol. The van der Waals surface area contributed by atoms with Crippen molar-refractivity contribution in [2.75, 3.05) is 0 Å². The Labute approximate surface area is 112 Å². The molecular formula is C12H11BrN2OS. The van der Waals surface area contributed by atoms with Crippen molar-refractivity contribution >= 4 is 34.0 Å². The van der Waals surface area contributed by atoms with E-state index in [0.717, 1.165) is 26.4 Å². The van der Waals surface area contributed by atoms with Crippen LogP contribution in [0.1, 0.15) is 16.1 Å². The molecule has 1 aromatic carbocycles. The lowest BCUT2D eigenvalue weighted by Crippen LogP contribution is -1.93. The fourth-order valence-electron chi connectivity index (χ4n) is 1.49. The molecule has 1 aromatic heterocycles. The summed E-state index contributed by atoms with van der Waals surface area (Å²) < 4.78 is 2.78. The lowest BCUT2D eigenvalue weighted by Gasteiger charge is -2.05. The van der Waals surface area contributed by atoms with E-state index in [0.29, 0.717) is 5.56 Å². The van der Waals surface area contributed by atoms with Crippen LogP contribution in [0.4, 0.5) is 0 Å². The molecule has 88 valence electrons. The average Bonchev–Trinajstić information content (AvgIpc) is 2.58. The van der Waals surface area contributed by atoms with Crippen molar-refractivity contribution in [3.05, 3.63) is 40.0 Å². The summed E-state index contributed by atoms with van der Waals surface area (Å²) in [6, 6.07) is 7.61. The van der Waals surface area contributed by atoms with E-state index in [-0.39, 0.29) is 0 Å². The third-order valence-electron chi connectivity index (χ3n) is 2.28. The third kappa shape index (κ3) is 2.79. The van der Waals surface area contributed by atoms with E-state index >= 15 is 0 Å². The number of aryl methyl sites for hydroxylation is 2. The number of nitrogens with zero attached hydrogens (tertiary/aromatic N) is 2. The van der Waals surface area contributed by atoms with Crippen LogP contribution in [-0.4, -0.2) is 16.1 Å². The molecule has 5 heteroatoms. The molecule has 0 N–H and O–H groups in total. The largest absolute Gasteiger partial charge is 0.298 e. The molecule has 17 heavy (non-hydrogen) atoms. The first kappa shape index (κ1) is 12.4. The Hall–Kier alpha value is -1.07. The standard InChI is InChI=1S/C12H11BrN2OS/c1-8-5-12(15(2)14-8)17-11-6-10(13)4-3-9(11)7-16/h3-7H,1-2H3. The van der Waals surface area contributed by atoms with E-state index in [1.165, 1.54) is 11.8 Å². The van der Waals surface area contributed by atoms with Crippen molar-refractivity contribution in [1.82, 2.24) is 9.78 Å². The first-order valence-corrected chi connectivity index (χ1v) is 6.64. The Morgan fingerprint density at radius 2 is 2.18 bits per heavy atom. The van der Waals surface area contributed by atoms with Gasteiger partial charge in [-0.1, -0.05) is 27.7 Å². The number of hydrogen-bond donors (Lipinski definition) is 0. The van der Waals surface area contributed by atoms with Crippen LogP contribution in [-0.2, 0) is 7.05 Å². The zero-order valence-electron chi connectivity index (χ0n) is 9.48. The van der Waals surface area contributed by atoms with Crippen LogP contribution in [0.2, 0.25) is 0 Å². The van der Waals surface area contributed by atoms with Gasteiger partial charge in [0.05, 0.1) is 10.7 Å². The molecule has 0 amide bonds. The van der Waals surface area contributed by atoms with Crippen LogP contribution in [0, 0.1) is 6.92 Å². The smallest absolute Gasteiger partial charge is 0.151 e. The Balaban J connectivity index is 2.38. The molecule has 2 aromatic rings. The maximum Gasteiger partial charge on any atom is 0.151 e. The summed E-state index contributed by atoms with van der Waals surface area (Å²) in [5.41, 5.74) is 1.66. The van der Waals surface area contributed by atoms with Crippen LogP contribution in [0.15, 0.2) is 38.7 Å². The van der Waals surface area contributed by atoms with Gasteiger partial charge in [-0.15, -0.1) is 0 Å². The number of aromatic nitrogens is 2. The fraction of sp³-hybridized carbons (Fsp3) is 0.167. The van der Waals surface area contributed by atoms with Gasteiger partial charge < -0.3 is 0 Å². The highest BCUT2D eigenvalue weighted by atomic mass is 79.9. The molecule has 0 bridgehead atoms. The first-order valence-electron chi connectivity index (χ1n) is 5.03. The van der Waals surface area contributed by atoms with Crippen molar-refractivity contribution < 1.29 is 4.79 Å². The first-order chi connectivity index (χ1) is 8.10. The number of carbonyl (C=O) groups excluding carboxylic acids is 1. The molecule has 1 heterocycles. The van der Waals surface area contributed by atoms with Gasteiger partial charge in [0, 0.05) is 22.0 Å². The summed E-state index contributed by atoms with van der Waals surface area (Å²) >= 11 is 4.95. The minimum atomic E-state index is 0.692. The molecule has 0 radical (unpaired) electrons. The fourth-order valence-corrected chi connectivity index (χ4v) is 3.05. The van der Waals surface area contributed by atoms with Crippen LogP contribution >= 0.6 is 27.7 Å². The van der Waals surface area contributed by atoms with Gasteiger partial charge in [-0.2, -0.15) is 5.10 Å². The average molecular weight is 311 g/mol. The van der Waals surface area contributed by atoms with Crippen molar-refractivity contribution in [3.63, 3.8) is 0 Å². The Morgan fingerprint density at radius 3 is 2.76 bits per heavy atom. The molecule has 0 aliphatic carbocycles. The predicted octanol–water partition coefficient (Wildman–Crippen LogP) is 3.45. The highest BCUT2D eigenvalue weighted by molar-refractivity contribution is 9.10. The number of halogens is 1. The lowest BCUT2D eigenvalue weighted by atomic mass is 10.2. The second-order valence-electron chi connectivity index (χ2n) is 3.65. The minimum absolute atomic E-state index is 0.692. The zero-order valence-corrected chi connectivity index (χ0v) is 11.9. The quantitative estimate of drug-likeness (QED) is 0.814. The molecule has 0 aliphatic rings. The van der Waals surface area contributed by atoms with Gasteiger partial charge in [0.25, 0.3) is 0 Å². The Morgan fingerprint density at radius 1 is 1.41 bits per heavy atom. The van der Waals surface area contributed by atoms with Gasteiger partial charge in [-0.25, -0.2) is 0 Å². The van der Waals surface area contributed by atoms with Crippen LogP contribution in [0.25, 0.3) is 0 Å². The number of benzene rings is 1. The molecule has 2 rings (SSSR count). The van der Waals surface area contributed by atoms with Crippen LogP contribution in [0.5, 0.6) is 0 Å². The van der Waals surface area contributed by atoms with Crippen molar-refractivity contribution in [2.45, 2.75) is 16.8 Å². The molecule has 0 aliphatic heterocycles. The third-order valence-corrected chi connectivity index (χ3v) is 3.93. The normalized spacial score (nSPS) is 10.5. The van der Waals surface area contributed by atoms with Gasteiger partial charge in [0.2, 0.25) is 0 Å². The summed E-state index contributed by atoms with van der Waals surface area (Å²) in [7, 11) is 1.90. The van der Waals surface area contributed by atoms with Gasteiger partial charge >= 0.3 is 0 Å². The van der Waals surface area contributed by atoms with Gasteiger partial charge in [0.1, 0.15) is 0 Å². The van der Waals surface area contributed by atoms with Gasteiger partial charge in [-0.05, 0) is 31.2 Å². The van der Waals surface area contributed by atoms with Crippen molar-refractivity contribution in [2.24, 2.45) is 7.05 Å². The summed E-state index contributed by atoms with van der Waals surface area (Å²) in [6.07, 6.45) is 0.873. The molecule has 0 atom stereocenters. The SMILES string of the molecule is Cc1cc(Sc2cc(Br)ccc2C=O)n(C)n1. The van der Waals surface area contributed by atoms with Crippen LogP contribution in [0.3, 0.4) is 0 Å². The summed E-state index contributed by atoms with van der Waals surface area (Å²) in [4.78, 5) is 11.9. The van der Waals surface area contributed by atoms with E-state index in [1.54, 1.807) is 0 Å². The molecule has 0 unspecified atom stereocenters. The summed E-state index contributed by atoms with van der Waals surface area (Å²) in [5, 5.41) is 5.30. The molecule has 0 saturated carbocycles. The van der Waals surface area contributed by atoms with Crippen molar-refractivity contribution in [1.29, 1.82) is 0 Å². The van der Waals surface area contributed by atoms with E-state index in [4.69, 9.17) is 0 Å². The number of carbonyl (C=O) groups is 1. The second-order valence-corrected chi connectivity index (χ2v) is 5.63. The molecule has 0 spiro atoms. The number of aldehydes is 1. The monoisotopic (exact) mass is 310 g/mol. The Bertz CT molecular complexity index is 566. The van der Waals surface area contributed by atoms with E-state index in [9.17, 15) is 4.79 Å².